The molecule has 0 saturated carbocycles. The van der Waals surface area contributed by atoms with Gasteiger partial charge in [0.15, 0.2) is 12.2 Å². The van der Waals surface area contributed by atoms with Crippen molar-refractivity contribution in [3.63, 3.8) is 0 Å². The van der Waals surface area contributed by atoms with Crippen molar-refractivity contribution in [3.8, 4) is 0 Å². The third kappa shape index (κ3) is 23.8. The van der Waals surface area contributed by atoms with Crippen molar-refractivity contribution in [2.45, 2.75) is 12.2 Å². The van der Waals surface area contributed by atoms with Crippen LogP contribution < -0.4 is 0 Å². The van der Waals surface area contributed by atoms with E-state index in [9.17, 15) is 9.59 Å². The Labute approximate surface area is 183 Å². The molecular formula is C4H17KNa2O10. The van der Waals surface area contributed by atoms with Crippen molar-refractivity contribution in [1.82, 2.24) is 0 Å². The van der Waals surface area contributed by atoms with Gasteiger partial charge in [0.05, 0.1) is 0 Å². The standard InChI is InChI=1S/C4H6O6.K.2Na.4H2O.3H/c5-1(3(7)8)2(6)4(9)10;;;;;;;;;;/h1-2,5-6H,(H,7,8)(H,9,10);;;;4*1H2;;;. The van der Waals surface area contributed by atoms with E-state index < -0.39 is 24.1 Å². The number of aliphatic carboxylic acids is 2. The number of aliphatic hydroxyl groups is 2. The molecule has 17 heavy (non-hydrogen) atoms. The summed E-state index contributed by atoms with van der Waals surface area (Å²) in [6, 6.07) is 0. The van der Waals surface area contributed by atoms with Gasteiger partial charge in [-0.1, -0.05) is 0 Å². The molecule has 0 aromatic rings. The SMILES string of the molecule is O.O.O.O.O=C(O)C(O)C(O)C(=O)O.[KH].[NaH].[NaH]. The van der Waals surface area contributed by atoms with Crippen LogP contribution in [-0.4, -0.2) is 177 Å². The molecule has 0 aliphatic rings. The van der Waals surface area contributed by atoms with Crippen molar-refractivity contribution >= 4 is 122 Å². The minimum absolute atomic E-state index is 0. The molecule has 0 aliphatic carbocycles. The molecule has 0 bridgehead atoms. The van der Waals surface area contributed by atoms with Crippen molar-refractivity contribution in [2.24, 2.45) is 0 Å². The molecule has 0 aromatic heterocycles. The van der Waals surface area contributed by atoms with Crippen LogP contribution in [0.3, 0.4) is 0 Å². The zero-order chi connectivity index (χ0) is 8.31. The first-order chi connectivity index (χ1) is 4.46. The molecule has 0 aliphatic heterocycles. The first-order valence-electron chi connectivity index (χ1n) is 2.28. The molecular weight excluding hydrogens is 293 g/mol. The van der Waals surface area contributed by atoms with Gasteiger partial charge in [0.25, 0.3) is 0 Å². The minimum atomic E-state index is -2.27. The Hall–Kier alpha value is 2.34. The Balaban J connectivity index is -0.0000000193. The molecule has 2 atom stereocenters. The van der Waals surface area contributed by atoms with E-state index in [0.717, 1.165) is 0 Å². The molecule has 13 heteroatoms. The van der Waals surface area contributed by atoms with E-state index in [1.54, 1.807) is 0 Å². The third-order valence-corrected chi connectivity index (χ3v) is 0.805. The molecule has 0 amide bonds. The van der Waals surface area contributed by atoms with Crippen LogP contribution in [0.2, 0.25) is 0 Å². The zero-order valence-corrected chi connectivity index (χ0v) is 6.76. The quantitative estimate of drug-likeness (QED) is 0.368. The molecule has 0 aromatic carbocycles. The molecule has 0 saturated heterocycles. The van der Waals surface area contributed by atoms with Crippen molar-refractivity contribution in [3.05, 3.63) is 0 Å². The summed E-state index contributed by atoms with van der Waals surface area (Å²) >= 11 is 0. The van der Waals surface area contributed by atoms with E-state index in [2.05, 4.69) is 0 Å². The van der Waals surface area contributed by atoms with Crippen molar-refractivity contribution in [2.75, 3.05) is 0 Å². The van der Waals surface area contributed by atoms with Gasteiger partial charge in [0, 0.05) is 0 Å². The summed E-state index contributed by atoms with van der Waals surface area (Å²) in [5, 5.41) is 32.5. The Morgan fingerprint density at radius 2 is 0.824 bits per heavy atom. The average Bonchev–Trinajstić information content (AvgIpc) is 1.84. The summed E-state index contributed by atoms with van der Waals surface area (Å²) in [5.41, 5.74) is 0. The van der Waals surface area contributed by atoms with Gasteiger partial charge < -0.3 is 42.3 Å². The van der Waals surface area contributed by atoms with Gasteiger partial charge in [-0.2, -0.15) is 0 Å². The first-order valence-corrected chi connectivity index (χ1v) is 2.28. The molecule has 2 unspecified atom stereocenters. The van der Waals surface area contributed by atoms with E-state index in [1.807, 2.05) is 0 Å². The van der Waals surface area contributed by atoms with Gasteiger partial charge in [-0.05, 0) is 0 Å². The Morgan fingerprint density at radius 1 is 0.706 bits per heavy atom. The summed E-state index contributed by atoms with van der Waals surface area (Å²) in [7, 11) is 0. The van der Waals surface area contributed by atoms with Crippen LogP contribution in [-0.2, 0) is 9.59 Å². The second-order valence-corrected chi connectivity index (χ2v) is 1.57. The second-order valence-electron chi connectivity index (χ2n) is 1.57. The third-order valence-electron chi connectivity index (χ3n) is 0.805. The molecule has 0 spiro atoms. The van der Waals surface area contributed by atoms with Crippen LogP contribution in [0.5, 0.6) is 0 Å². The van der Waals surface area contributed by atoms with Gasteiger partial charge in [0.1, 0.15) is 0 Å². The fourth-order valence-electron chi connectivity index (χ4n) is 0.270. The van der Waals surface area contributed by atoms with Crippen LogP contribution in [0, 0.1) is 0 Å². The summed E-state index contributed by atoms with van der Waals surface area (Å²) in [4.78, 5) is 19.5. The Kier molecular flexibility index (Phi) is 79.8. The molecule has 12 N–H and O–H groups in total. The molecule has 0 fully saturated rings. The fraction of sp³-hybridized carbons (Fsp3) is 0.500. The Bertz CT molecular complexity index is 150. The number of carbonyl (C=O) groups is 2. The summed E-state index contributed by atoms with van der Waals surface area (Å²) < 4.78 is 0. The Morgan fingerprint density at radius 3 is 0.882 bits per heavy atom. The monoisotopic (exact) mass is 310 g/mol. The predicted octanol–water partition coefficient (Wildman–Crippen LogP) is -7.37. The van der Waals surface area contributed by atoms with Crippen LogP contribution >= 0.6 is 0 Å². The molecule has 10 nitrogen and oxygen atoms in total. The zero-order valence-electron chi connectivity index (χ0n) is 6.76. The number of carboxylic acid groups (broad SMARTS) is 2. The van der Waals surface area contributed by atoms with Gasteiger partial charge in [0.2, 0.25) is 0 Å². The first kappa shape index (κ1) is 50.6. The topological polar surface area (TPSA) is 241 Å². The summed E-state index contributed by atoms with van der Waals surface area (Å²) in [6.07, 6.45) is -4.53. The van der Waals surface area contributed by atoms with Gasteiger partial charge in [-0.3, -0.25) is 0 Å². The van der Waals surface area contributed by atoms with E-state index in [4.69, 9.17) is 20.4 Å². The van der Waals surface area contributed by atoms with E-state index in [0.29, 0.717) is 0 Å². The predicted molar refractivity (Wildman–Crippen MR) is 63.2 cm³/mol. The van der Waals surface area contributed by atoms with E-state index in [-0.39, 0.29) is 132 Å². The van der Waals surface area contributed by atoms with E-state index in [1.165, 1.54) is 0 Å². The molecule has 0 heterocycles. The molecule has 0 rings (SSSR count). The molecule has 0 radical (unpaired) electrons. The van der Waals surface area contributed by atoms with Crippen LogP contribution in [0.25, 0.3) is 0 Å². The van der Waals surface area contributed by atoms with Crippen molar-refractivity contribution in [1.29, 1.82) is 0 Å². The van der Waals surface area contributed by atoms with Gasteiger partial charge >= 0.3 is 122 Å². The van der Waals surface area contributed by atoms with E-state index >= 15 is 0 Å². The number of rotatable bonds is 3. The van der Waals surface area contributed by atoms with Gasteiger partial charge in [-0.25, -0.2) is 9.59 Å². The maximum absolute atomic E-state index is 9.77. The van der Waals surface area contributed by atoms with Crippen LogP contribution in [0.15, 0.2) is 0 Å². The number of hydrogen-bond donors (Lipinski definition) is 4. The maximum atomic E-state index is 9.77. The summed E-state index contributed by atoms with van der Waals surface area (Å²) in [6.45, 7) is 0. The number of aliphatic hydroxyl groups excluding tert-OH is 2. The normalized spacial score (nSPS) is 9.29. The summed E-state index contributed by atoms with van der Waals surface area (Å²) in [5.74, 6) is -3.54. The van der Waals surface area contributed by atoms with Crippen LogP contribution in [0.1, 0.15) is 0 Å². The van der Waals surface area contributed by atoms with Crippen LogP contribution in [0.4, 0.5) is 0 Å². The fourth-order valence-corrected chi connectivity index (χ4v) is 0.270. The second kappa shape index (κ2) is 26.8. The number of hydrogen-bond acceptors (Lipinski definition) is 4. The van der Waals surface area contributed by atoms with Crippen molar-refractivity contribution < 1.29 is 51.9 Å². The molecule has 96 valence electrons. The van der Waals surface area contributed by atoms with Gasteiger partial charge in [-0.15, -0.1) is 0 Å². The number of carboxylic acids is 2. The average molecular weight is 310 g/mol.